The molecule has 2 rings (SSSR count). The molecule has 0 aromatic heterocycles. The van der Waals surface area contributed by atoms with Crippen LogP contribution in [0.3, 0.4) is 0 Å². The van der Waals surface area contributed by atoms with Crippen molar-refractivity contribution >= 4 is 23.3 Å². The summed E-state index contributed by atoms with van der Waals surface area (Å²) in [5.74, 6) is 0.0637. The minimum atomic E-state index is -0.596. The number of hydrogen-bond donors (Lipinski definition) is 1. The van der Waals surface area contributed by atoms with E-state index in [0.717, 1.165) is 6.42 Å². The second-order valence-corrected chi connectivity index (χ2v) is 6.82. The van der Waals surface area contributed by atoms with Crippen LogP contribution in [-0.4, -0.2) is 30.9 Å². The highest BCUT2D eigenvalue weighted by atomic mass is 16.5. The van der Waals surface area contributed by atoms with E-state index in [2.05, 4.69) is 19.2 Å². The molecule has 0 saturated carbocycles. The van der Waals surface area contributed by atoms with E-state index in [1.165, 1.54) is 6.92 Å². The summed E-state index contributed by atoms with van der Waals surface area (Å²) in [6.07, 6.45) is 0.953. The summed E-state index contributed by atoms with van der Waals surface area (Å²) in [7, 11) is 0. The number of rotatable bonds is 9. The quantitative estimate of drug-likeness (QED) is 0.520. The lowest BCUT2D eigenvalue weighted by molar-refractivity contribution is -0.119. The lowest BCUT2D eigenvalue weighted by Gasteiger charge is -2.09. The molecule has 0 spiro atoms. The summed E-state index contributed by atoms with van der Waals surface area (Å²) in [4.78, 5) is 35.4. The topological polar surface area (TPSA) is 81.7 Å². The molecule has 0 radical (unpaired) electrons. The van der Waals surface area contributed by atoms with Gasteiger partial charge in [-0.25, -0.2) is 4.79 Å². The number of benzene rings is 2. The number of amides is 1. The van der Waals surface area contributed by atoms with Crippen LogP contribution in [0.25, 0.3) is 0 Å². The van der Waals surface area contributed by atoms with E-state index in [9.17, 15) is 14.4 Å². The van der Waals surface area contributed by atoms with Gasteiger partial charge < -0.3 is 14.8 Å². The van der Waals surface area contributed by atoms with Crippen LogP contribution >= 0.6 is 0 Å². The fourth-order valence-electron chi connectivity index (χ4n) is 2.33. The van der Waals surface area contributed by atoms with Crippen LogP contribution in [0.2, 0.25) is 0 Å². The zero-order chi connectivity index (χ0) is 20.5. The van der Waals surface area contributed by atoms with E-state index < -0.39 is 18.5 Å². The lowest BCUT2D eigenvalue weighted by atomic mass is 10.1. The maximum Gasteiger partial charge on any atom is 0.338 e. The van der Waals surface area contributed by atoms with Crippen molar-refractivity contribution in [3.63, 3.8) is 0 Å². The highest BCUT2D eigenvalue weighted by molar-refractivity contribution is 5.98. The second kappa shape index (κ2) is 10.3. The summed E-state index contributed by atoms with van der Waals surface area (Å²) in [6.45, 7) is 5.89. The zero-order valence-electron chi connectivity index (χ0n) is 16.4. The Balaban J connectivity index is 1.82. The maximum absolute atomic E-state index is 12.1. The number of nitrogens with one attached hydrogen (secondary N) is 1. The standard InChI is InChI=1S/C22H25NO5/c1-15(2)11-12-27-20-9-7-17(8-10-20)22(26)28-14-21(25)23-19-6-4-5-18(13-19)16(3)24/h4-10,13,15H,11-12,14H2,1-3H3,(H,23,25). The molecule has 148 valence electrons. The summed E-state index contributed by atoms with van der Waals surface area (Å²) in [5, 5.41) is 2.60. The van der Waals surface area contributed by atoms with Crippen molar-refractivity contribution in [1.29, 1.82) is 0 Å². The molecular weight excluding hydrogens is 358 g/mol. The van der Waals surface area contributed by atoms with E-state index in [0.29, 0.717) is 35.1 Å². The van der Waals surface area contributed by atoms with Crippen LogP contribution < -0.4 is 10.1 Å². The first-order valence-electron chi connectivity index (χ1n) is 9.16. The van der Waals surface area contributed by atoms with Gasteiger partial charge in [-0.3, -0.25) is 9.59 Å². The number of esters is 1. The third-order valence-electron chi connectivity index (χ3n) is 3.94. The first-order valence-corrected chi connectivity index (χ1v) is 9.16. The van der Waals surface area contributed by atoms with Gasteiger partial charge in [0.25, 0.3) is 5.91 Å². The van der Waals surface area contributed by atoms with Gasteiger partial charge in [0, 0.05) is 11.3 Å². The minimum Gasteiger partial charge on any atom is -0.494 e. The molecule has 2 aromatic carbocycles. The molecule has 6 nitrogen and oxygen atoms in total. The molecule has 1 N–H and O–H groups in total. The van der Waals surface area contributed by atoms with Gasteiger partial charge in [0.05, 0.1) is 12.2 Å². The van der Waals surface area contributed by atoms with E-state index in [-0.39, 0.29) is 5.78 Å². The van der Waals surface area contributed by atoms with Crippen LogP contribution in [0.5, 0.6) is 5.75 Å². The molecule has 28 heavy (non-hydrogen) atoms. The Labute approximate surface area is 164 Å². The van der Waals surface area contributed by atoms with E-state index in [1.807, 2.05) is 0 Å². The number of ether oxygens (including phenoxy) is 2. The van der Waals surface area contributed by atoms with Crippen LogP contribution in [-0.2, 0) is 9.53 Å². The molecule has 1 amide bonds. The Morgan fingerprint density at radius 1 is 1.00 bits per heavy atom. The molecular formula is C22H25NO5. The van der Waals surface area contributed by atoms with Crippen molar-refractivity contribution in [2.45, 2.75) is 27.2 Å². The summed E-state index contributed by atoms with van der Waals surface area (Å²) < 4.78 is 10.6. The Kier molecular flexibility index (Phi) is 7.75. The zero-order valence-corrected chi connectivity index (χ0v) is 16.4. The Morgan fingerprint density at radius 2 is 1.71 bits per heavy atom. The molecule has 0 unspecified atom stereocenters. The molecule has 0 atom stereocenters. The van der Waals surface area contributed by atoms with Crippen molar-refractivity contribution in [3.05, 3.63) is 59.7 Å². The fourth-order valence-corrected chi connectivity index (χ4v) is 2.33. The highest BCUT2D eigenvalue weighted by Gasteiger charge is 2.11. The van der Waals surface area contributed by atoms with Crippen LogP contribution in [0.1, 0.15) is 47.9 Å². The summed E-state index contributed by atoms with van der Waals surface area (Å²) in [5.41, 5.74) is 1.30. The summed E-state index contributed by atoms with van der Waals surface area (Å²) in [6, 6.07) is 13.2. The fraction of sp³-hybridized carbons (Fsp3) is 0.318. The molecule has 0 heterocycles. The van der Waals surface area contributed by atoms with Gasteiger partial charge in [0.15, 0.2) is 12.4 Å². The largest absolute Gasteiger partial charge is 0.494 e. The van der Waals surface area contributed by atoms with Gasteiger partial charge in [0.1, 0.15) is 5.75 Å². The van der Waals surface area contributed by atoms with Crippen LogP contribution in [0.4, 0.5) is 5.69 Å². The number of Topliss-reactive ketones (excluding diaryl/α,β-unsaturated/α-hetero) is 1. The van der Waals surface area contributed by atoms with Crippen LogP contribution in [0.15, 0.2) is 48.5 Å². The average Bonchev–Trinajstić information content (AvgIpc) is 2.66. The molecule has 2 aromatic rings. The predicted octanol–water partition coefficient (Wildman–Crippen LogP) is 4.11. The van der Waals surface area contributed by atoms with Gasteiger partial charge in [-0.05, 0) is 55.7 Å². The first-order chi connectivity index (χ1) is 13.3. The number of carbonyl (C=O) groups is 3. The molecule has 0 aliphatic heterocycles. The second-order valence-electron chi connectivity index (χ2n) is 6.82. The number of carbonyl (C=O) groups excluding carboxylic acids is 3. The lowest BCUT2D eigenvalue weighted by Crippen LogP contribution is -2.21. The SMILES string of the molecule is CC(=O)c1cccc(NC(=O)COC(=O)c2ccc(OCCC(C)C)cc2)c1. The normalized spacial score (nSPS) is 10.4. The van der Waals surface area contributed by atoms with Crippen molar-refractivity contribution in [2.24, 2.45) is 5.92 Å². The highest BCUT2D eigenvalue weighted by Crippen LogP contribution is 2.14. The van der Waals surface area contributed by atoms with E-state index >= 15 is 0 Å². The smallest absolute Gasteiger partial charge is 0.338 e. The molecule has 0 fully saturated rings. The van der Waals surface area contributed by atoms with Crippen LogP contribution in [0, 0.1) is 5.92 Å². The Hall–Kier alpha value is -3.15. The van der Waals surface area contributed by atoms with Crippen molar-refractivity contribution in [2.75, 3.05) is 18.5 Å². The maximum atomic E-state index is 12.1. The van der Waals surface area contributed by atoms with Crippen molar-refractivity contribution in [1.82, 2.24) is 0 Å². The number of anilines is 1. The predicted molar refractivity (Wildman–Crippen MR) is 107 cm³/mol. The van der Waals surface area contributed by atoms with Gasteiger partial charge in [-0.1, -0.05) is 26.0 Å². The van der Waals surface area contributed by atoms with E-state index in [1.54, 1.807) is 48.5 Å². The Morgan fingerprint density at radius 3 is 2.36 bits per heavy atom. The van der Waals surface area contributed by atoms with Crippen molar-refractivity contribution in [3.8, 4) is 5.75 Å². The first kappa shape index (κ1) is 21.2. The number of hydrogen-bond acceptors (Lipinski definition) is 5. The monoisotopic (exact) mass is 383 g/mol. The third-order valence-corrected chi connectivity index (χ3v) is 3.94. The molecule has 6 heteroatoms. The molecule has 0 bridgehead atoms. The van der Waals surface area contributed by atoms with Gasteiger partial charge in [-0.15, -0.1) is 0 Å². The van der Waals surface area contributed by atoms with Gasteiger partial charge in [-0.2, -0.15) is 0 Å². The van der Waals surface area contributed by atoms with Gasteiger partial charge in [0.2, 0.25) is 0 Å². The third kappa shape index (κ3) is 6.87. The average molecular weight is 383 g/mol. The van der Waals surface area contributed by atoms with E-state index in [4.69, 9.17) is 9.47 Å². The minimum absolute atomic E-state index is 0.0980. The van der Waals surface area contributed by atoms with Crippen molar-refractivity contribution < 1.29 is 23.9 Å². The van der Waals surface area contributed by atoms with Gasteiger partial charge >= 0.3 is 5.97 Å². The Bertz CT molecular complexity index is 827. The molecule has 0 aliphatic rings. The summed E-state index contributed by atoms with van der Waals surface area (Å²) >= 11 is 0. The molecule has 0 aliphatic carbocycles. The number of ketones is 1. The molecule has 0 saturated heterocycles.